The van der Waals surface area contributed by atoms with Crippen LogP contribution in [0.3, 0.4) is 0 Å². The van der Waals surface area contributed by atoms with E-state index in [0.717, 1.165) is 0 Å². The van der Waals surface area contributed by atoms with Gasteiger partial charge in [0.1, 0.15) is 12.0 Å². The van der Waals surface area contributed by atoms with E-state index in [9.17, 15) is 18.5 Å². The summed E-state index contributed by atoms with van der Waals surface area (Å²) in [6.07, 6.45) is 3.25. The number of aromatic nitrogens is 1. The standard InChI is InChI=1S/C13H19N3O5S/c1-10-7-12(14-8-11(10)16(17)18)15-9-13(22(2,19)20)3-5-21-6-4-13/h7-8H,3-6,9H2,1-2H3,(H,14,15). The van der Waals surface area contributed by atoms with Gasteiger partial charge in [0, 0.05) is 31.6 Å². The first-order chi connectivity index (χ1) is 10.3. The summed E-state index contributed by atoms with van der Waals surface area (Å²) in [5, 5.41) is 13.8. The van der Waals surface area contributed by atoms with Crippen LogP contribution in [0, 0.1) is 17.0 Å². The van der Waals surface area contributed by atoms with Crippen molar-refractivity contribution in [1.29, 1.82) is 0 Å². The lowest BCUT2D eigenvalue weighted by atomic mass is 9.99. The van der Waals surface area contributed by atoms with E-state index in [1.54, 1.807) is 13.0 Å². The number of nitrogens with one attached hydrogen (secondary N) is 1. The molecule has 1 aromatic rings. The second-order valence-electron chi connectivity index (χ2n) is 5.53. The molecule has 1 N–H and O–H groups in total. The van der Waals surface area contributed by atoms with Crippen LogP contribution in [0.1, 0.15) is 18.4 Å². The highest BCUT2D eigenvalue weighted by atomic mass is 32.2. The molecule has 9 heteroatoms. The number of hydrogen-bond acceptors (Lipinski definition) is 7. The Kier molecular flexibility index (Phi) is 4.66. The predicted octanol–water partition coefficient (Wildman–Crippen LogP) is 1.30. The molecule has 8 nitrogen and oxygen atoms in total. The Morgan fingerprint density at radius 1 is 1.45 bits per heavy atom. The van der Waals surface area contributed by atoms with Gasteiger partial charge >= 0.3 is 0 Å². The molecule has 1 aliphatic rings. The Labute approximate surface area is 129 Å². The Bertz CT molecular complexity index is 668. The van der Waals surface area contributed by atoms with Crippen LogP contribution in [0.4, 0.5) is 11.5 Å². The Balaban J connectivity index is 2.17. The average molecular weight is 329 g/mol. The number of aryl methyl sites for hydroxylation is 1. The first-order valence-electron chi connectivity index (χ1n) is 6.87. The van der Waals surface area contributed by atoms with E-state index in [0.29, 0.717) is 37.4 Å². The number of nitro groups is 1. The van der Waals surface area contributed by atoms with Gasteiger partial charge in [-0.25, -0.2) is 13.4 Å². The molecule has 0 aliphatic carbocycles. The third-order valence-electron chi connectivity index (χ3n) is 4.06. The van der Waals surface area contributed by atoms with Crippen LogP contribution in [0.25, 0.3) is 0 Å². The Hall–Kier alpha value is -1.74. The van der Waals surface area contributed by atoms with E-state index in [1.165, 1.54) is 12.5 Å². The molecule has 0 radical (unpaired) electrons. The van der Waals surface area contributed by atoms with Crippen molar-refractivity contribution in [3.63, 3.8) is 0 Å². The molecule has 2 rings (SSSR count). The summed E-state index contributed by atoms with van der Waals surface area (Å²) >= 11 is 0. The maximum Gasteiger partial charge on any atom is 0.290 e. The van der Waals surface area contributed by atoms with Gasteiger partial charge in [-0.1, -0.05) is 0 Å². The van der Waals surface area contributed by atoms with Crippen LogP contribution in [0.2, 0.25) is 0 Å². The zero-order chi connectivity index (χ0) is 16.4. The maximum atomic E-state index is 12.1. The quantitative estimate of drug-likeness (QED) is 0.640. The normalized spacial score (nSPS) is 17.9. The summed E-state index contributed by atoms with van der Waals surface area (Å²) in [6, 6.07) is 1.55. The van der Waals surface area contributed by atoms with E-state index in [4.69, 9.17) is 4.74 Å². The monoisotopic (exact) mass is 329 g/mol. The molecule has 2 heterocycles. The molecule has 1 saturated heterocycles. The zero-order valence-corrected chi connectivity index (χ0v) is 13.4. The molecule has 1 fully saturated rings. The van der Waals surface area contributed by atoms with Gasteiger partial charge in [0.25, 0.3) is 5.69 Å². The Morgan fingerprint density at radius 2 is 2.09 bits per heavy atom. The lowest BCUT2D eigenvalue weighted by molar-refractivity contribution is -0.385. The molecule has 0 atom stereocenters. The fourth-order valence-corrected chi connectivity index (χ4v) is 3.75. The summed E-state index contributed by atoms with van der Waals surface area (Å²) in [4.78, 5) is 14.3. The fraction of sp³-hybridized carbons (Fsp3) is 0.615. The van der Waals surface area contributed by atoms with E-state index in [-0.39, 0.29) is 12.2 Å². The number of sulfone groups is 1. The smallest absolute Gasteiger partial charge is 0.290 e. The molecule has 0 saturated carbocycles. The van der Waals surface area contributed by atoms with Crippen molar-refractivity contribution < 1.29 is 18.1 Å². The summed E-state index contributed by atoms with van der Waals surface area (Å²) in [6.45, 7) is 2.63. The molecule has 0 spiro atoms. The highest BCUT2D eigenvalue weighted by Crippen LogP contribution is 2.30. The molecule has 1 aromatic heterocycles. The molecular weight excluding hydrogens is 310 g/mol. The van der Waals surface area contributed by atoms with Gasteiger partial charge in [0.2, 0.25) is 0 Å². The van der Waals surface area contributed by atoms with Crippen molar-refractivity contribution in [2.75, 3.05) is 31.3 Å². The van der Waals surface area contributed by atoms with Crippen LogP contribution in [-0.4, -0.2) is 49.1 Å². The van der Waals surface area contributed by atoms with E-state index < -0.39 is 19.5 Å². The van der Waals surface area contributed by atoms with Gasteiger partial charge in [-0.15, -0.1) is 0 Å². The zero-order valence-electron chi connectivity index (χ0n) is 12.5. The second kappa shape index (κ2) is 6.17. The van der Waals surface area contributed by atoms with Crippen LogP contribution in [-0.2, 0) is 14.6 Å². The molecule has 0 bridgehead atoms. The predicted molar refractivity (Wildman–Crippen MR) is 81.7 cm³/mol. The van der Waals surface area contributed by atoms with Gasteiger partial charge < -0.3 is 10.1 Å². The lowest BCUT2D eigenvalue weighted by Gasteiger charge is -2.35. The molecule has 0 amide bonds. The fourth-order valence-electron chi connectivity index (χ4n) is 2.51. The molecule has 1 aliphatic heterocycles. The first-order valence-corrected chi connectivity index (χ1v) is 8.77. The van der Waals surface area contributed by atoms with Crippen LogP contribution >= 0.6 is 0 Å². The number of rotatable bonds is 5. The van der Waals surface area contributed by atoms with Crippen LogP contribution < -0.4 is 5.32 Å². The van der Waals surface area contributed by atoms with Gasteiger partial charge in [-0.05, 0) is 25.8 Å². The number of ether oxygens (including phenoxy) is 1. The minimum absolute atomic E-state index is 0.0607. The first kappa shape index (κ1) is 16.6. The number of anilines is 1. The van der Waals surface area contributed by atoms with E-state index in [1.807, 2.05) is 0 Å². The third-order valence-corrected chi connectivity index (χ3v) is 6.19. The molecule has 22 heavy (non-hydrogen) atoms. The van der Waals surface area contributed by atoms with Crippen molar-refractivity contribution in [1.82, 2.24) is 4.98 Å². The highest BCUT2D eigenvalue weighted by molar-refractivity contribution is 7.92. The van der Waals surface area contributed by atoms with Crippen LogP contribution in [0.5, 0.6) is 0 Å². The highest BCUT2D eigenvalue weighted by Gasteiger charge is 2.42. The number of hydrogen-bond donors (Lipinski definition) is 1. The third kappa shape index (κ3) is 3.36. The van der Waals surface area contributed by atoms with Gasteiger partial charge in [-0.2, -0.15) is 0 Å². The van der Waals surface area contributed by atoms with Crippen molar-refractivity contribution in [2.24, 2.45) is 0 Å². The summed E-state index contributed by atoms with van der Waals surface area (Å²) in [7, 11) is -3.27. The Morgan fingerprint density at radius 3 is 2.59 bits per heavy atom. The largest absolute Gasteiger partial charge is 0.381 e. The topological polar surface area (TPSA) is 111 Å². The van der Waals surface area contributed by atoms with Crippen LogP contribution in [0.15, 0.2) is 12.3 Å². The van der Waals surface area contributed by atoms with Crippen molar-refractivity contribution in [3.8, 4) is 0 Å². The van der Waals surface area contributed by atoms with Gasteiger partial charge in [0.15, 0.2) is 9.84 Å². The van der Waals surface area contributed by atoms with Gasteiger partial charge in [0.05, 0.1) is 9.67 Å². The minimum atomic E-state index is -3.27. The molecule has 0 unspecified atom stereocenters. The summed E-state index contributed by atoms with van der Waals surface area (Å²) in [5.41, 5.74) is 0.414. The minimum Gasteiger partial charge on any atom is -0.381 e. The summed E-state index contributed by atoms with van der Waals surface area (Å²) in [5.74, 6) is 0.428. The number of pyridine rings is 1. The van der Waals surface area contributed by atoms with Gasteiger partial charge in [-0.3, -0.25) is 10.1 Å². The molecule has 122 valence electrons. The lowest BCUT2D eigenvalue weighted by Crippen LogP contribution is -2.48. The van der Waals surface area contributed by atoms with Crippen molar-refractivity contribution in [3.05, 3.63) is 27.9 Å². The molecular formula is C13H19N3O5S. The maximum absolute atomic E-state index is 12.1. The average Bonchev–Trinajstić information content (AvgIpc) is 2.44. The van der Waals surface area contributed by atoms with E-state index >= 15 is 0 Å². The van der Waals surface area contributed by atoms with E-state index in [2.05, 4.69) is 10.3 Å². The van der Waals surface area contributed by atoms with Crippen molar-refractivity contribution in [2.45, 2.75) is 24.5 Å². The molecule has 0 aromatic carbocycles. The SMILES string of the molecule is Cc1cc(NCC2(S(C)(=O)=O)CCOCC2)ncc1[N+](=O)[O-]. The van der Waals surface area contributed by atoms with Crippen molar-refractivity contribution >= 4 is 21.3 Å². The summed E-state index contributed by atoms with van der Waals surface area (Å²) < 4.78 is 28.6. The second-order valence-corrected chi connectivity index (χ2v) is 7.94. The number of nitrogens with zero attached hydrogens (tertiary/aromatic N) is 2.